The molecule has 4 aliphatic carbocycles. The van der Waals surface area contributed by atoms with Gasteiger partial charge in [0.1, 0.15) is 35.4 Å². The minimum absolute atomic E-state index is 0.0327. The van der Waals surface area contributed by atoms with Gasteiger partial charge in [0.25, 0.3) is 0 Å². The molecule has 0 saturated carbocycles. The fraction of sp³-hybridized carbons (Fsp3) is 0.290. The summed E-state index contributed by atoms with van der Waals surface area (Å²) in [6.07, 6.45) is 25.6. The number of hydrogen-bond acceptors (Lipinski definition) is 12. The molecule has 13 rings (SSSR count). The van der Waals surface area contributed by atoms with Gasteiger partial charge in [-0.15, -0.1) is 34.4 Å². The number of nitriles is 4. The number of hydrogen-bond donors (Lipinski definition) is 0. The predicted molar refractivity (Wildman–Crippen MR) is 444 cm³/mol. The average molecular weight is 1480 g/mol. The number of aryl methyl sites for hydroxylation is 4. The van der Waals surface area contributed by atoms with E-state index in [1.165, 1.54) is 111 Å². The monoisotopic (exact) mass is 1480 g/mol. The zero-order chi connectivity index (χ0) is 72.8. The summed E-state index contributed by atoms with van der Waals surface area (Å²) in [7, 11) is 0. The third-order valence-electron chi connectivity index (χ3n) is 20.5. The Morgan fingerprint density at radius 1 is 0.400 bits per heavy atom. The maximum Gasteiger partial charge on any atom is 0.194 e. The van der Waals surface area contributed by atoms with Gasteiger partial charge < -0.3 is 0 Å². The number of carbonyl (C=O) groups is 2. The lowest BCUT2D eigenvalue weighted by Crippen LogP contribution is -2.12. The Morgan fingerprint density at radius 2 is 0.819 bits per heavy atom. The Kier molecular flexibility index (Phi) is 25.3. The van der Waals surface area contributed by atoms with Crippen LogP contribution >= 0.6 is 69.7 Å². The molecule has 9 aromatic rings. The number of rotatable bonds is 32. The molecule has 0 fully saturated rings. The Hall–Kier alpha value is -8.66. The highest BCUT2D eigenvalue weighted by molar-refractivity contribution is 8.22. The van der Waals surface area contributed by atoms with Crippen LogP contribution in [-0.2, 0) is 37.9 Å². The lowest BCUT2D eigenvalue weighted by atomic mass is 9.91. The van der Waals surface area contributed by atoms with Crippen molar-refractivity contribution in [3.63, 3.8) is 0 Å². The van der Waals surface area contributed by atoms with Crippen molar-refractivity contribution in [2.75, 3.05) is 0 Å². The second-order valence-electron chi connectivity index (χ2n) is 27.8. The van der Waals surface area contributed by atoms with E-state index in [4.69, 9.17) is 0 Å². The molecule has 1 unspecified atom stereocenters. The zero-order valence-corrected chi connectivity index (χ0v) is 65.3. The highest BCUT2D eigenvalue weighted by Crippen LogP contribution is 2.62. The van der Waals surface area contributed by atoms with Gasteiger partial charge in [-0.05, 0) is 180 Å². The zero-order valence-electron chi connectivity index (χ0n) is 60.4. The van der Waals surface area contributed by atoms with Crippen LogP contribution in [0.4, 0.5) is 0 Å². The molecular formula is C93H86N4O2S6. The quantitative estimate of drug-likeness (QED) is 0.0174. The maximum absolute atomic E-state index is 14.8. The van der Waals surface area contributed by atoms with E-state index in [-0.39, 0.29) is 22.7 Å². The van der Waals surface area contributed by atoms with Gasteiger partial charge in [0.2, 0.25) is 0 Å². The largest absolute Gasteiger partial charge is 0.293 e. The van der Waals surface area contributed by atoms with E-state index in [1.807, 2.05) is 60.3 Å². The van der Waals surface area contributed by atoms with Gasteiger partial charge in [0.15, 0.2) is 11.6 Å². The number of Topliss-reactive ketones (excluding diaryl/α,β-unsaturated/α-hetero) is 2. The molecule has 4 aliphatic rings. The highest BCUT2D eigenvalue weighted by atomic mass is 32.2. The van der Waals surface area contributed by atoms with Crippen molar-refractivity contribution in [1.29, 1.82) is 21.0 Å². The molecule has 105 heavy (non-hydrogen) atoms. The van der Waals surface area contributed by atoms with Crippen molar-refractivity contribution in [1.82, 2.24) is 0 Å². The SMILES string of the molecule is CCCCCCc1ccc(CS/C(Sc2ccc(CCCCCC)cc2)=C2\c3cc4c(cc3-c3sc(/C=C5\C(=O)c6ccccc6C5=C(C#N)C#N)cc32)C(=C(Sc2ccc(CCCCCC)cc2)Sc2ccc(CCCCCC)cc2)c2cc(CC3C(=O)c5ccccc5C3=C(C#N)C#N)sc2-4)cc1. The molecule has 526 valence electrons. The standard InChI is InChI=1S/C93H86N4O2S6/c1-5-9-13-17-25-60-33-35-64(36-34-60)59-100-92(103-67-43-37-61(38-44-67)26-18-14-10-6-2)86-76-53-79-77(54-78(76)90-82(86)51-70(101-90)49-80-84(65(55-94)56-95)72-29-21-23-31-74(72)88(80)98)87(83-52-71(102-91(79)83)50-81-85(66(57-96)58-97)73-30-22-24-32-75(73)89(81)99)93(104-68-45-39-62(40-46-68)27-19-15-11-7-3)105-69-47-41-63(42-48-69)28-20-16-12-8-4/h21-24,29-49,51-54,81H,5-20,25-28,50,59H2,1-4H3/b80-49-,92-86-. The van der Waals surface area contributed by atoms with E-state index >= 15 is 0 Å². The summed E-state index contributed by atoms with van der Waals surface area (Å²) in [5.74, 6) is -0.289. The van der Waals surface area contributed by atoms with E-state index in [2.05, 4.69) is 173 Å². The fourth-order valence-corrected chi connectivity index (χ4v) is 22.0. The number of thiophene rings is 2. The number of fused-ring (bicyclic) bond motifs is 8. The molecule has 0 bridgehead atoms. The maximum atomic E-state index is 14.8. The fourth-order valence-electron chi connectivity index (χ4n) is 14.9. The van der Waals surface area contributed by atoms with Gasteiger partial charge in [0.05, 0.1) is 14.4 Å². The molecule has 0 saturated heterocycles. The first-order valence-corrected chi connectivity index (χ1v) is 42.7. The van der Waals surface area contributed by atoms with Crippen LogP contribution in [0.5, 0.6) is 0 Å². The van der Waals surface area contributed by atoms with Gasteiger partial charge in [-0.25, -0.2) is 0 Å². The Bertz CT molecular complexity index is 5000. The number of nitrogens with zero attached hydrogens (tertiary/aromatic N) is 4. The summed E-state index contributed by atoms with van der Waals surface area (Å²) in [4.78, 5) is 36.9. The van der Waals surface area contributed by atoms with E-state index in [1.54, 1.807) is 64.0 Å². The molecule has 2 aromatic heterocycles. The molecule has 12 heteroatoms. The van der Waals surface area contributed by atoms with E-state index < -0.39 is 5.92 Å². The number of carbonyl (C=O) groups excluding carboxylic acids is 2. The third-order valence-corrected chi connectivity index (χ3v) is 27.5. The van der Waals surface area contributed by atoms with Crippen LogP contribution in [0.15, 0.2) is 210 Å². The summed E-state index contributed by atoms with van der Waals surface area (Å²) >= 11 is 10.6. The molecule has 0 radical (unpaired) electrons. The second-order valence-corrected chi connectivity index (χ2v) is 34.8. The Morgan fingerprint density at radius 3 is 1.30 bits per heavy atom. The molecule has 2 heterocycles. The van der Waals surface area contributed by atoms with Crippen molar-refractivity contribution in [2.24, 2.45) is 5.92 Å². The Balaban J connectivity index is 1.03. The third kappa shape index (κ3) is 16.8. The molecule has 7 aromatic carbocycles. The van der Waals surface area contributed by atoms with Crippen LogP contribution in [0.25, 0.3) is 49.2 Å². The van der Waals surface area contributed by atoms with Crippen LogP contribution in [-0.4, -0.2) is 11.6 Å². The van der Waals surface area contributed by atoms with Gasteiger partial charge in [-0.2, -0.15) is 21.0 Å². The van der Waals surface area contributed by atoms with Crippen LogP contribution in [0.2, 0.25) is 0 Å². The van der Waals surface area contributed by atoms with Crippen LogP contribution in [0.3, 0.4) is 0 Å². The number of ketones is 2. The predicted octanol–water partition coefficient (Wildman–Crippen LogP) is 26.9. The molecule has 1 atom stereocenters. The van der Waals surface area contributed by atoms with Gasteiger partial charge in [-0.1, -0.05) is 249 Å². The first-order valence-electron chi connectivity index (χ1n) is 37.6. The first kappa shape index (κ1) is 74.6. The van der Waals surface area contributed by atoms with Gasteiger partial charge in [0, 0.05) is 95.6 Å². The Labute approximate surface area is 646 Å². The second kappa shape index (κ2) is 35.6. The highest BCUT2D eigenvalue weighted by Gasteiger charge is 2.41. The van der Waals surface area contributed by atoms with Crippen molar-refractivity contribution < 1.29 is 9.59 Å². The number of allylic oxidation sites excluding steroid dienone is 5. The number of thioether (sulfide) groups is 4. The van der Waals surface area contributed by atoms with Crippen molar-refractivity contribution in [2.45, 2.75) is 183 Å². The molecule has 0 amide bonds. The number of unbranched alkanes of at least 4 members (excludes halogenated alkanes) is 12. The summed E-state index contributed by atoms with van der Waals surface area (Å²) in [6.45, 7) is 9.03. The minimum atomic E-state index is -0.721. The summed E-state index contributed by atoms with van der Waals surface area (Å²) < 4.78 is 2.27. The normalized spacial score (nSPS) is 14.5. The molecule has 6 nitrogen and oxygen atoms in total. The average Bonchev–Trinajstić information content (AvgIpc) is 1.55. The van der Waals surface area contributed by atoms with Crippen molar-refractivity contribution >= 4 is 110 Å². The first-order chi connectivity index (χ1) is 51.5. The lowest BCUT2D eigenvalue weighted by molar-refractivity contribution is 0.0957. The van der Waals surface area contributed by atoms with E-state index in [9.17, 15) is 30.6 Å². The van der Waals surface area contributed by atoms with Crippen LogP contribution in [0, 0.1) is 51.2 Å². The van der Waals surface area contributed by atoms with E-state index in [0.29, 0.717) is 45.4 Å². The van der Waals surface area contributed by atoms with Crippen LogP contribution < -0.4 is 0 Å². The van der Waals surface area contributed by atoms with Crippen LogP contribution in [0.1, 0.15) is 222 Å². The number of benzene rings is 7. The molecular weight excluding hydrogens is 1400 g/mol. The van der Waals surface area contributed by atoms with Crippen molar-refractivity contribution in [3.8, 4) is 45.2 Å². The molecule has 0 N–H and O–H groups in total. The summed E-state index contributed by atoms with van der Waals surface area (Å²) in [6, 6.07) is 69.5. The minimum Gasteiger partial charge on any atom is -0.293 e. The topological polar surface area (TPSA) is 129 Å². The van der Waals surface area contributed by atoms with Crippen molar-refractivity contribution in [3.05, 3.63) is 277 Å². The van der Waals surface area contributed by atoms with E-state index in [0.717, 1.165) is 138 Å². The summed E-state index contributed by atoms with van der Waals surface area (Å²) in [5, 5.41) is 42.0. The smallest absolute Gasteiger partial charge is 0.194 e. The molecule has 0 aliphatic heterocycles. The van der Waals surface area contributed by atoms with Gasteiger partial charge >= 0.3 is 0 Å². The van der Waals surface area contributed by atoms with Gasteiger partial charge in [-0.3, -0.25) is 9.59 Å². The lowest BCUT2D eigenvalue weighted by Gasteiger charge is -2.16. The molecule has 0 spiro atoms. The summed E-state index contributed by atoms with van der Waals surface area (Å²) in [5.41, 5.74) is 18.7.